The summed E-state index contributed by atoms with van der Waals surface area (Å²) in [5.41, 5.74) is -3.55. The van der Waals surface area contributed by atoms with E-state index in [1.807, 2.05) is 20.8 Å². The summed E-state index contributed by atoms with van der Waals surface area (Å²) in [5.74, 6) is -3.11. The molecular weight excluding hydrogens is 522 g/mol. The number of benzene rings is 1. The van der Waals surface area contributed by atoms with Crippen LogP contribution in [0.3, 0.4) is 0 Å². The molecule has 0 saturated heterocycles. The Hall–Kier alpha value is -3.34. The van der Waals surface area contributed by atoms with Crippen LogP contribution in [0, 0.1) is 11.8 Å². The molecule has 40 heavy (non-hydrogen) atoms. The standard InChI is InChI=1S/C29H45NO10/c1-12-18(4)30-29(24(32)33,38-23(31)19(5)17(2)3)16-20-13-14-21(36-25(34)39-27(6,7)8)22(15-20)37-26(35)40-28(9,10)11/h13-15,17-19,30H,12,16H2,1-11H3,(H,32,33)/t18?,19?,29-/m0/s1. The van der Waals surface area contributed by atoms with Crippen molar-refractivity contribution in [2.45, 2.75) is 112 Å². The second kappa shape index (κ2) is 13.8. The van der Waals surface area contributed by atoms with Crippen molar-refractivity contribution in [3.63, 3.8) is 0 Å². The van der Waals surface area contributed by atoms with E-state index in [9.17, 15) is 24.3 Å². The number of esters is 1. The lowest BCUT2D eigenvalue weighted by atomic mass is 9.97. The number of hydrogen-bond acceptors (Lipinski definition) is 10. The second-order valence-electron chi connectivity index (χ2n) is 12.1. The molecule has 0 aromatic heterocycles. The quantitative estimate of drug-likeness (QED) is 0.143. The molecular formula is C29H45NO10. The Morgan fingerprint density at radius 2 is 1.32 bits per heavy atom. The van der Waals surface area contributed by atoms with E-state index in [1.54, 1.807) is 55.4 Å². The molecule has 0 amide bonds. The van der Waals surface area contributed by atoms with Crippen molar-refractivity contribution < 1.29 is 48.0 Å². The van der Waals surface area contributed by atoms with Gasteiger partial charge in [0.15, 0.2) is 11.5 Å². The number of carbonyl (C=O) groups excluding carboxylic acids is 3. The van der Waals surface area contributed by atoms with Crippen molar-refractivity contribution in [3.05, 3.63) is 23.8 Å². The van der Waals surface area contributed by atoms with E-state index in [4.69, 9.17) is 23.7 Å². The highest BCUT2D eigenvalue weighted by Gasteiger charge is 2.45. The molecule has 0 radical (unpaired) electrons. The highest BCUT2D eigenvalue weighted by Crippen LogP contribution is 2.32. The highest BCUT2D eigenvalue weighted by atomic mass is 16.8. The average molecular weight is 568 g/mol. The van der Waals surface area contributed by atoms with E-state index >= 15 is 0 Å². The molecule has 1 aromatic carbocycles. The fraction of sp³-hybridized carbons (Fsp3) is 0.655. The molecule has 0 spiro atoms. The zero-order chi connectivity index (χ0) is 31.1. The minimum absolute atomic E-state index is 0.0827. The van der Waals surface area contributed by atoms with E-state index in [1.165, 1.54) is 18.2 Å². The Morgan fingerprint density at radius 1 is 0.825 bits per heavy atom. The van der Waals surface area contributed by atoms with Crippen LogP contribution in [0.2, 0.25) is 0 Å². The van der Waals surface area contributed by atoms with E-state index in [0.717, 1.165) is 0 Å². The Bertz CT molecular complexity index is 1050. The van der Waals surface area contributed by atoms with Gasteiger partial charge in [-0.25, -0.2) is 14.4 Å². The topological polar surface area (TPSA) is 147 Å². The summed E-state index contributed by atoms with van der Waals surface area (Å²) in [6, 6.07) is 3.79. The summed E-state index contributed by atoms with van der Waals surface area (Å²) in [4.78, 5) is 50.4. The predicted octanol–water partition coefficient (Wildman–Crippen LogP) is 5.86. The van der Waals surface area contributed by atoms with Gasteiger partial charge in [-0.05, 0) is 78.5 Å². The molecule has 2 N–H and O–H groups in total. The molecule has 0 heterocycles. The van der Waals surface area contributed by atoms with Crippen LogP contribution in [0.4, 0.5) is 9.59 Å². The maximum Gasteiger partial charge on any atom is 0.514 e. The van der Waals surface area contributed by atoms with Gasteiger partial charge >= 0.3 is 24.2 Å². The number of carboxylic acid groups (broad SMARTS) is 1. The molecule has 3 atom stereocenters. The van der Waals surface area contributed by atoms with Crippen molar-refractivity contribution in [2.75, 3.05) is 0 Å². The minimum atomic E-state index is -2.13. The summed E-state index contributed by atoms with van der Waals surface area (Å²) in [6.07, 6.45) is -1.88. The van der Waals surface area contributed by atoms with Gasteiger partial charge in [-0.15, -0.1) is 0 Å². The first kappa shape index (κ1) is 34.7. The van der Waals surface area contributed by atoms with Crippen molar-refractivity contribution >= 4 is 24.2 Å². The predicted molar refractivity (Wildman–Crippen MR) is 147 cm³/mol. The number of ether oxygens (including phenoxy) is 5. The van der Waals surface area contributed by atoms with Crippen LogP contribution in [0.5, 0.6) is 11.5 Å². The number of rotatable bonds is 11. The molecule has 0 aliphatic carbocycles. The van der Waals surface area contributed by atoms with Crippen LogP contribution >= 0.6 is 0 Å². The highest BCUT2D eigenvalue weighted by molar-refractivity contribution is 5.83. The Labute approximate surface area is 236 Å². The molecule has 0 aliphatic rings. The fourth-order valence-corrected chi connectivity index (χ4v) is 3.17. The number of hydrogen-bond donors (Lipinski definition) is 2. The van der Waals surface area contributed by atoms with Crippen molar-refractivity contribution in [1.29, 1.82) is 0 Å². The third kappa shape index (κ3) is 11.4. The minimum Gasteiger partial charge on any atom is -0.477 e. The van der Waals surface area contributed by atoms with Gasteiger partial charge in [0.2, 0.25) is 0 Å². The van der Waals surface area contributed by atoms with Crippen molar-refractivity contribution in [1.82, 2.24) is 5.32 Å². The van der Waals surface area contributed by atoms with Crippen LogP contribution in [0.15, 0.2) is 18.2 Å². The Kier molecular flexibility index (Phi) is 12.0. The smallest absolute Gasteiger partial charge is 0.477 e. The van der Waals surface area contributed by atoms with Gasteiger partial charge < -0.3 is 28.8 Å². The maximum atomic E-state index is 12.9. The first-order valence-electron chi connectivity index (χ1n) is 13.4. The molecule has 0 saturated carbocycles. The molecule has 2 unspecified atom stereocenters. The molecule has 11 nitrogen and oxygen atoms in total. The number of carboxylic acids is 1. The lowest BCUT2D eigenvalue weighted by Crippen LogP contribution is -2.60. The summed E-state index contributed by atoms with van der Waals surface area (Å²) >= 11 is 0. The van der Waals surface area contributed by atoms with Crippen molar-refractivity contribution in [2.24, 2.45) is 11.8 Å². The van der Waals surface area contributed by atoms with E-state index in [-0.39, 0.29) is 29.9 Å². The SMILES string of the molecule is CCC(C)N[C@@](Cc1ccc(OC(=O)OC(C)(C)C)c(OC(=O)OC(C)(C)C)c1)(OC(=O)C(C)C(C)C)C(=O)O. The summed E-state index contributed by atoms with van der Waals surface area (Å²) in [7, 11) is 0. The zero-order valence-corrected chi connectivity index (χ0v) is 25.5. The normalized spacial score (nSPS) is 14.9. The van der Waals surface area contributed by atoms with E-state index in [0.29, 0.717) is 12.0 Å². The van der Waals surface area contributed by atoms with Crippen LogP contribution in [0.25, 0.3) is 0 Å². The van der Waals surface area contributed by atoms with Gasteiger partial charge in [0.05, 0.1) is 5.92 Å². The van der Waals surface area contributed by atoms with Gasteiger partial charge in [0.25, 0.3) is 5.72 Å². The lowest BCUT2D eigenvalue weighted by Gasteiger charge is -2.34. The second-order valence-corrected chi connectivity index (χ2v) is 12.1. The van der Waals surface area contributed by atoms with Gasteiger partial charge in [0.1, 0.15) is 11.2 Å². The fourth-order valence-electron chi connectivity index (χ4n) is 3.17. The first-order valence-corrected chi connectivity index (χ1v) is 13.4. The average Bonchev–Trinajstić information content (AvgIpc) is 2.77. The van der Waals surface area contributed by atoms with Crippen LogP contribution in [-0.2, 0) is 30.2 Å². The first-order chi connectivity index (χ1) is 18.2. The largest absolute Gasteiger partial charge is 0.514 e. The number of nitrogens with one attached hydrogen (secondary N) is 1. The molecule has 0 fully saturated rings. The molecule has 226 valence electrons. The Morgan fingerprint density at radius 3 is 1.75 bits per heavy atom. The summed E-state index contributed by atoms with van der Waals surface area (Å²) in [5, 5.41) is 13.2. The molecule has 11 heteroatoms. The third-order valence-corrected chi connectivity index (χ3v) is 5.71. The van der Waals surface area contributed by atoms with Gasteiger partial charge in [0, 0.05) is 12.5 Å². The summed E-state index contributed by atoms with van der Waals surface area (Å²) < 4.78 is 26.7. The lowest BCUT2D eigenvalue weighted by molar-refractivity contribution is -0.188. The number of carbonyl (C=O) groups is 4. The number of aliphatic carboxylic acids is 1. The Balaban J connectivity index is 3.55. The van der Waals surface area contributed by atoms with Gasteiger partial charge in [-0.2, -0.15) is 0 Å². The van der Waals surface area contributed by atoms with Crippen LogP contribution < -0.4 is 14.8 Å². The molecule has 0 bridgehead atoms. The molecule has 1 rings (SSSR count). The maximum absolute atomic E-state index is 12.9. The monoisotopic (exact) mass is 567 g/mol. The van der Waals surface area contributed by atoms with Gasteiger partial charge in [-0.1, -0.05) is 33.8 Å². The third-order valence-electron chi connectivity index (χ3n) is 5.71. The van der Waals surface area contributed by atoms with E-state index in [2.05, 4.69) is 5.32 Å². The van der Waals surface area contributed by atoms with E-state index < -0.39 is 47.1 Å². The van der Waals surface area contributed by atoms with Crippen LogP contribution in [0.1, 0.15) is 88.1 Å². The summed E-state index contributed by atoms with van der Waals surface area (Å²) in [6.45, 7) is 18.9. The zero-order valence-electron chi connectivity index (χ0n) is 25.5. The van der Waals surface area contributed by atoms with Crippen LogP contribution in [-0.4, -0.2) is 52.3 Å². The molecule has 1 aromatic rings. The van der Waals surface area contributed by atoms with Crippen molar-refractivity contribution in [3.8, 4) is 11.5 Å². The molecule has 0 aliphatic heterocycles. The van der Waals surface area contributed by atoms with Gasteiger partial charge in [-0.3, -0.25) is 10.1 Å².